The van der Waals surface area contributed by atoms with E-state index in [1.54, 1.807) is 4.90 Å². The maximum absolute atomic E-state index is 12.4. The number of aromatic carboxylic acids is 1. The van der Waals surface area contributed by atoms with Crippen molar-refractivity contribution in [2.75, 3.05) is 49.4 Å². The minimum Gasteiger partial charge on any atom is -0.479 e. The first-order valence-corrected chi connectivity index (χ1v) is 13.7. The van der Waals surface area contributed by atoms with Crippen molar-refractivity contribution >= 4 is 34.7 Å². The van der Waals surface area contributed by atoms with Crippen LogP contribution in [-0.4, -0.2) is 87.3 Å². The second-order valence-electron chi connectivity index (χ2n) is 11.4. The third-order valence-corrected chi connectivity index (χ3v) is 7.83. The van der Waals surface area contributed by atoms with Crippen LogP contribution in [0.3, 0.4) is 0 Å². The van der Waals surface area contributed by atoms with Crippen LogP contribution in [0, 0.1) is 17.0 Å². The first-order valence-electron chi connectivity index (χ1n) is 13.7. The zero-order valence-electron chi connectivity index (χ0n) is 24.5. The predicted molar refractivity (Wildman–Crippen MR) is 157 cm³/mol. The van der Waals surface area contributed by atoms with Crippen LogP contribution in [-0.2, 0) is 5.41 Å². The summed E-state index contributed by atoms with van der Waals surface area (Å²) < 4.78 is 5.69. The van der Waals surface area contributed by atoms with Gasteiger partial charge in [-0.15, -0.1) is 0 Å². The molecule has 1 fully saturated rings. The zero-order chi connectivity index (χ0) is 30.3. The van der Waals surface area contributed by atoms with Gasteiger partial charge in [-0.3, -0.25) is 15.1 Å². The van der Waals surface area contributed by atoms with Gasteiger partial charge in [-0.25, -0.2) is 14.8 Å². The number of nitro groups is 1. The van der Waals surface area contributed by atoms with E-state index >= 15 is 0 Å². The number of nitrogens with one attached hydrogen (secondary N) is 1. The Labute approximate surface area is 243 Å². The van der Waals surface area contributed by atoms with E-state index in [1.165, 1.54) is 25.7 Å². The number of ether oxygens (including phenoxy) is 1. The number of pyridine rings is 2. The Morgan fingerprint density at radius 1 is 1.29 bits per heavy atom. The number of fused-ring (bicyclic) bond motifs is 1. The number of aryl methyl sites for hydroxylation is 1. The van der Waals surface area contributed by atoms with Crippen molar-refractivity contribution in [3.63, 3.8) is 0 Å². The number of nitrogens with zero attached hydrogens (tertiary/aromatic N) is 8. The summed E-state index contributed by atoms with van der Waals surface area (Å²) in [6.45, 7) is 7.21. The maximum Gasteiger partial charge on any atom is 0.341 e. The molecule has 0 radical (unpaired) electrons. The fraction of sp³-hybridized carbons (Fsp3) is 0.464. The van der Waals surface area contributed by atoms with E-state index in [-0.39, 0.29) is 40.5 Å². The number of methoxy groups -OCH3 is 1. The fourth-order valence-electron chi connectivity index (χ4n) is 5.91. The Morgan fingerprint density at radius 2 is 2.05 bits per heavy atom. The molecule has 2 aliphatic rings. The lowest BCUT2D eigenvalue weighted by Crippen LogP contribution is -2.46. The third kappa shape index (κ3) is 5.02. The van der Waals surface area contributed by atoms with Gasteiger partial charge in [0.1, 0.15) is 23.7 Å². The zero-order valence-corrected chi connectivity index (χ0v) is 24.5. The number of hydrogen-bond acceptors (Lipinski definition) is 12. The van der Waals surface area contributed by atoms with E-state index in [2.05, 4.69) is 25.2 Å². The summed E-state index contributed by atoms with van der Waals surface area (Å²) in [4.78, 5) is 47.7. The summed E-state index contributed by atoms with van der Waals surface area (Å²) in [6.07, 6.45) is 3.66. The molecule has 0 saturated carbocycles. The van der Waals surface area contributed by atoms with Crippen LogP contribution in [0.1, 0.15) is 48.4 Å². The van der Waals surface area contributed by atoms with Crippen LogP contribution in [0.25, 0.3) is 0 Å². The first kappa shape index (κ1) is 28.9. The van der Waals surface area contributed by atoms with Crippen molar-refractivity contribution in [2.24, 2.45) is 0 Å². The van der Waals surface area contributed by atoms with E-state index in [0.717, 1.165) is 30.8 Å². The predicted octanol–water partition coefficient (Wildman–Crippen LogP) is 3.59. The number of carboxylic acids is 1. The fourth-order valence-corrected chi connectivity index (χ4v) is 5.91. The average molecular weight is 578 g/mol. The van der Waals surface area contributed by atoms with Crippen molar-refractivity contribution in [3.8, 4) is 5.88 Å². The van der Waals surface area contributed by atoms with Gasteiger partial charge in [-0.2, -0.15) is 4.98 Å². The topological polar surface area (TPSA) is 163 Å². The number of hydrogen-bond donors (Lipinski definition) is 2. The summed E-state index contributed by atoms with van der Waals surface area (Å²) in [7, 11) is 5.42. The third-order valence-electron chi connectivity index (χ3n) is 7.83. The maximum atomic E-state index is 12.4. The van der Waals surface area contributed by atoms with E-state index in [1.807, 2.05) is 51.9 Å². The largest absolute Gasteiger partial charge is 0.479 e. The van der Waals surface area contributed by atoms with E-state index in [0.29, 0.717) is 12.2 Å². The number of rotatable bonds is 9. The quantitative estimate of drug-likeness (QED) is 0.280. The molecule has 5 heterocycles. The van der Waals surface area contributed by atoms with Crippen LogP contribution in [0.15, 0.2) is 30.7 Å². The molecule has 1 unspecified atom stereocenters. The highest BCUT2D eigenvalue weighted by molar-refractivity contribution is 5.95. The lowest BCUT2D eigenvalue weighted by Gasteiger charge is -2.35. The van der Waals surface area contributed by atoms with Crippen LogP contribution in [0.2, 0.25) is 0 Å². The summed E-state index contributed by atoms with van der Waals surface area (Å²) in [5.74, 6) is -0.580. The monoisotopic (exact) mass is 577 g/mol. The van der Waals surface area contributed by atoms with Gasteiger partial charge < -0.3 is 29.9 Å². The molecular formula is C28H35N9O5. The van der Waals surface area contributed by atoms with E-state index < -0.39 is 22.5 Å². The number of anilines is 4. The molecular weight excluding hydrogens is 542 g/mol. The standard InChI is InChI=1S/C28H35N9O5/c1-16-9-10-20-22(31-16)28(2,3)27(36(20)23-18(26(38)39)13-29-15-30-23)32-19-12-21(37(40)41)24(33-25(19)42-6)35-11-7-8-17(35)14-34(4)5/h9-10,12-13,15,17,27,32H,7-8,11,14H2,1-6H3,(H,38,39)/t17?,27-/m1/s1. The SMILES string of the molecule is COc1nc(N2CCCC2CN(C)C)c([N+](=O)[O-])cc1N[C@@H]1N(c2ncncc2C(=O)O)c2ccc(C)nc2C1(C)C. The van der Waals surface area contributed by atoms with Gasteiger partial charge in [0.2, 0.25) is 11.7 Å². The van der Waals surface area contributed by atoms with Gasteiger partial charge in [-0.1, -0.05) is 13.8 Å². The molecule has 2 N–H and O–H groups in total. The summed E-state index contributed by atoms with van der Waals surface area (Å²) in [6, 6.07) is 5.23. The van der Waals surface area contributed by atoms with Gasteiger partial charge in [0.15, 0.2) is 5.82 Å². The highest BCUT2D eigenvalue weighted by Gasteiger charge is 2.49. The number of likely N-dealkylation sites (N-methyl/N-ethyl adjacent to an activating group) is 1. The molecule has 222 valence electrons. The first-order chi connectivity index (χ1) is 19.9. The lowest BCUT2D eigenvalue weighted by molar-refractivity contribution is -0.384. The Hall–Kier alpha value is -4.59. The minimum absolute atomic E-state index is 0.0787. The molecule has 0 bridgehead atoms. The molecule has 3 aromatic heterocycles. The van der Waals surface area contributed by atoms with Crippen LogP contribution < -0.4 is 19.9 Å². The van der Waals surface area contributed by atoms with Gasteiger partial charge in [0.05, 0.1) is 23.4 Å². The smallest absolute Gasteiger partial charge is 0.341 e. The minimum atomic E-state index is -1.19. The second kappa shape index (κ2) is 11.0. The molecule has 3 aromatic rings. The highest BCUT2D eigenvalue weighted by Crippen LogP contribution is 2.49. The molecule has 1 saturated heterocycles. The number of aromatic nitrogens is 4. The van der Waals surface area contributed by atoms with E-state index in [9.17, 15) is 20.0 Å². The Bertz CT molecular complexity index is 1530. The van der Waals surface area contributed by atoms with Crippen molar-refractivity contribution in [1.29, 1.82) is 0 Å². The molecule has 42 heavy (non-hydrogen) atoms. The van der Waals surface area contributed by atoms with Gasteiger partial charge in [0.25, 0.3) is 0 Å². The molecule has 5 rings (SSSR count). The lowest BCUT2D eigenvalue weighted by atomic mass is 9.87. The highest BCUT2D eigenvalue weighted by atomic mass is 16.6. The molecule has 14 heteroatoms. The molecule has 2 atom stereocenters. The van der Waals surface area contributed by atoms with Gasteiger partial charge >= 0.3 is 11.7 Å². The van der Waals surface area contributed by atoms with Gasteiger partial charge in [0, 0.05) is 42.5 Å². The van der Waals surface area contributed by atoms with Crippen LogP contribution >= 0.6 is 0 Å². The molecule has 0 spiro atoms. The van der Waals surface area contributed by atoms with Crippen molar-refractivity contribution in [1.82, 2.24) is 24.8 Å². The Kier molecular flexibility index (Phi) is 7.58. The van der Waals surface area contributed by atoms with Gasteiger partial charge in [-0.05, 0) is 46.0 Å². The summed E-state index contributed by atoms with van der Waals surface area (Å²) >= 11 is 0. The number of carbonyl (C=O) groups is 1. The van der Waals surface area contributed by atoms with Crippen LogP contribution in [0.4, 0.5) is 28.7 Å². The summed E-state index contributed by atoms with van der Waals surface area (Å²) in [5.41, 5.74) is 1.50. The van der Waals surface area contributed by atoms with Crippen LogP contribution in [0.5, 0.6) is 5.88 Å². The van der Waals surface area contributed by atoms with Crippen molar-refractivity contribution < 1.29 is 19.6 Å². The molecule has 2 aliphatic heterocycles. The molecule has 0 aliphatic carbocycles. The Balaban J connectivity index is 1.64. The normalized spacial score (nSPS) is 19.2. The van der Waals surface area contributed by atoms with Crippen molar-refractivity contribution in [2.45, 2.75) is 51.2 Å². The van der Waals surface area contributed by atoms with E-state index in [4.69, 9.17) is 9.72 Å². The molecule has 14 nitrogen and oxygen atoms in total. The average Bonchev–Trinajstić information content (AvgIpc) is 3.47. The molecule has 0 amide bonds. The number of carboxylic acid groups (broad SMARTS) is 1. The summed E-state index contributed by atoms with van der Waals surface area (Å²) in [5, 5.41) is 25.8. The Morgan fingerprint density at radius 3 is 2.71 bits per heavy atom. The molecule has 0 aromatic carbocycles. The second-order valence-corrected chi connectivity index (χ2v) is 11.4. The van der Waals surface area contributed by atoms with Crippen molar-refractivity contribution in [3.05, 3.63) is 57.8 Å².